The fourth-order valence-electron chi connectivity index (χ4n) is 1.14. The standard InChI is InChI=1S/C9H14F3NO2/c1-3-13(6-9(10,11)12)5-7(2)4-8(14)15/h4H,3,5-6H2,1-2H3,(H,14,15). The molecule has 15 heavy (non-hydrogen) atoms. The summed E-state index contributed by atoms with van der Waals surface area (Å²) in [5.74, 6) is -1.14. The third kappa shape index (κ3) is 7.99. The molecular weight excluding hydrogens is 211 g/mol. The Kier molecular flexibility index (Phi) is 5.35. The van der Waals surface area contributed by atoms with E-state index in [9.17, 15) is 18.0 Å². The van der Waals surface area contributed by atoms with Gasteiger partial charge in [0.05, 0.1) is 6.54 Å². The van der Waals surface area contributed by atoms with Gasteiger partial charge in [-0.25, -0.2) is 4.79 Å². The first-order valence-corrected chi connectivity index (χ1v) is 4.43. The van der Waals surface area contributed by atoms with Gasteiger partial charge in [0.15, 0.2) is 0 Å². The van der Waals surface area contributed by atoms with Gasteiger partial charge in [0.1, 0.15) is 0 Å². The maximum absolute atomic E-state index is 12.0. The van der Waals surface area contributed by atoms with Crippen LogP contribution in [0.4, 0.5) is 13.2 Å². The van der Waals surface area contributed by atoms with E-state index in [1.807, 2.05) is 0 Å². The summed E-state index contributed by atoms with van der Waals surface area (Å²) < 4.78 is 36.1. The predicted molar refractivity (Wildman–Crippen MR) is 49.6 cm³/mol. The number of alkyl halides is 3. The largest absolute Gasteiger partial charge is 0.478 e. The van der Waals surface area contributed by atoms with Crippen molar-refractivity contribution in [1.29, 1.82) is 0 Å². The Morgan fingerprint density at radius 1 is 1.47 bits per heavy atom. The lowest BCUT2D eigenvalue weighted by molar-refractivity contribution is -0.144. The van der Waals surface area contributed by atoms with Gasteiger partial charge in [-0.3, -0.25) is 4.90 Å². The molecule has 0 aromatic rings. The van der Waals surface area contributed by atoms with Crippen molar-refractivity contribution in [2.75, 3.05) is 19.6 Å². The van der Waals surface area contributed by atoms with E-state index in [4.69, 9.17) is 5.11 Å². The molecular formula is C9H14F3NO2. The van der Waals surface area contributed by atoms with Gasteiger partial charge in [0.25, 0.3) is 0 Å². The summed E-state index contributed by atoms with van der Waals surface area (Å²) in [7, 11) is 0. The fourth-order valence-corrected chi connectivity index (χ4v) is 1.14. The van der Waals surface area contributed by atoms with E-state index in [1.54, 1.807) is 6.92 Å². The SMILES string of the molecule is CCN(CC(C)=CC(=O)O)CC(F)(F)F. The summed E-state index contributed by atoms with van der Waals surface area (Å²) in [6, 6.07) is 0. The summed E-state index contributed by atoms with van der Waals surface area (Å²) in [6.07, 6.45) is -3.33. The van der Waals surface area contributed by atoms with Gasteiger partial charge in [-0.2, -0.15) is 13.2 Å². The molecule has 6 heteroatoms. The quantitative estimate of drug-likeness (QED) is 0.726. The summed E-state index contributed by atoms with van der Waals surface area (Å²) in [6.45, 7) is 2.31. The fraction of sp³-hybridized carbons (Fsp3) is 0.667. The van der Waals surface area contributed by atoms with Crippen molar-refractivity contribution in [2.45, 2.75) is 20.0 Å². The van der Waals surface area contributed by atoms with E-state index in [2.05, 4.69) is 0 Å². The van der Waals surface area contributed by atoms with Gasteiger partial charge in [-0.15, -0.1) is 0 Å². The lowest BCUT2D eigenvalue weighted by atomic mass is 10.2. The monoisotopic (exact) mass is 225 g/mol. The lowest BCUT2D eigenvalue weighted by Crippen LogP contribution is -2.35. The van der Waals surface area contributed by atoms with Gasteiger partial charge < -0.3 is 5.11 Å². The molecule has 0 atom stereocenters. The highest BCUT2D eigenvalue weighted by atomic mass is 19.4. The number of nitrogens with zero attached hydrogens (tertiary/aromatic N) is 1. The van der Waals surface area contributed by atoms with Crippen LogP contribution >= 0.6 is 0 Å². The minimum absolute atomic E-state index is 0.0162. The van der Waals surface area contributed by atoms with E-state index < -0.39 is 18.7 Å². The average Bonchev–Trinajstić information content (AvgIpc) is 1.98. The maximum Gasteiger partial charge on any atom is 0.401 e. The number of carbonyl (C=O) groups is 1. The lowest BCUT2D eigenvalue weighted by Gasteiger charge is -2.21. The number of carboxylic acid groups (broad SMARTS) is 1. The molecule has 0 fully saturated rings. The summed E-state index contributed by atoms with van der Waals surface area (Å²) in [5.41, 5.74) is 0.397. The molecule has 88 valence electrons. The molecule has 0 spiro atoms. The molecule has 0 aliphatic rings. The molecule has 0 bridgehead atoms. The summed E-state index contributed by atoms with van der Waals surface area (Å²) in [5, 5.41) is 8.38. The molecule has 0 heterocycles. The van der Waals surface area contributed by atoms with Crippen LogP contribution in [0.3, 0.4) is 0 Å². The number of rotatable bonds is 5. The summed E-state index contributed by atoms with van der Waals surface area (Å²) >= 11 is 0. The Morgan fingerprint density at radius 2 is 2.00 bits per heavy atom. The minimum atomic E-state index is -4.25. The zero-order valence-electron chi connectivity index (χ0n) is 8.64. The summed E-state index contributed by atoms with van der Waals surface area (Å²) in [4.78, 5) is 11.4. The normalized spacial score (nSPS) is 13.3. The molecule has 0 aliphatic heterocycles. The van der Waals surface area contributed by atoms with Crippen LogP contribution in [0.1, 0.15) is 13.8 Å². The number of carboxylic acids is 1. The highest BCUT2D eigenvalue weighted by molar-refractivity contribution is 5.80. The van der Waals surface area contributed by atoms with Crippen molar-refractivity contribution in [3.63, 3.8) is 0 Å². The van der Waals surface area contributed by atoms with Crippen LogP contribution in [0.25, 0.3) is 0 Å². The van der Waals surface area contributed by atoms with E-state index in [-0.39, 0.29) is 13.1 Å². The van der Waals surface area contributed by atoms with E-state index in [0.717, 1.165) is 11.0 Å². The number of halogens is 3. The first-order chi connectivity index (χ1) is 6.74. The number of hydrogen-bond donors (Lipinski definition) is 1. The molecule has 0 aliphatic carbocycles. The van der Waals surface area contributed by atoms with Gasteiger partial charge >= 0.3 is 12.1 Å². The topological polar surface area (TPSA) is 40.5 Å². The third-order valence-corrected chi connectivity index (χ3v) is 1.69. The van der Waals surface area contributed by atoms with Crippen molar-refractivity contribution in [1.82, 2.24) is 4.90 Å². The predicted octanol–water partition coefficient (Wildman–Crippen LogP) is 1.90. The molecule has 0 amide bonds. The number of likely N-dealkylation sites (N-methyl/N-ethyl adjacent to an activating group) is 1. The Morgan fingerprint density at radius 3 is 2.33 bits per heavy atom. The maximum atomic E-state index is 12.0. The van der Waals surface area contributed by atoms with Crippen molar-refractivity contribution in [3.05, 3.63) is 11.6 Å². The van der Waals surface area contributed by atoms with E-state index >= 15 is 0 Å². The van der Waals surface area contributed by atoms with Crippen LogP contribution < -0.4 is 0 Å². The second-order valence-corrected chi connectivity index (χ2v) is 3.25. The Balaban J connectivity index is 4.28. The third-order valence-electron chi connectivity index (χ3n) is 1.69. The van der Waals surface area contributed by atoms with Crippen molar-refractivity contribution in [2.24, 2.45) is 0 Å². The van der Waals surface area contributed by atoms with Crippen LogP contribution in [0.15, 0.2) is 11.6 Å². The average molecular weight is 225 g/mol. The van der Waals surface area contributed by atoms with Crippen LogP contribution in [0.5, 0.6) is 0 Å². The Hall–Kier alpha value is -1.04. The van der Waals surface area contributed by atoms with Crippen LogP contribution in [-0.4, -0.2) is 41.8 Å². The highest BCUT2D eigenvalue weighted by Gasteiger charge is 2.29. The molecule has 0 aromatic heterocycles. The minimum Gasteiger partial charge on any atom is -0.478 e. The van der Waals surface area contributed by atoms with E-state index in [1.165, 1.54) is 6.92 Å². The molecule has 0 unspecified atom stereocenters. The van der Waals surface area contributed by atoms with Gasteiger partial charge in [-0.05, 0) is 13.5 Å². The van der Waals surface area contributed by atoms with Crippen molar-refractivity contribution in [3.8, 4) is 0 Å². The zero-order chi connectivity index (χ0) is 12.1. The molecule has 0 aromatic carbocycles. The van der Waals surface area contributed by atoms with Crippen LogP contribution in [0, 0.1) is 0 Å². The van der Waals surface area contributed by atoms with Crippen molar-refractivity contribution >= 4 is 5.97 Å². The smallest absolute Gasteiger partial charge is 0.401 e. The Bertz CT molecular complexity index is 248. The van der Waals surface area contributed by atoms with Crippen LogP contribution in [-0.2, 0) is 4.79 Å². The first-order valence-electron chi connectivity index (χ1n) is 4.43. The van der Waals surface area contributed by atoms with Gasteiger partial charge in [-0.1, -0.05) is 12.5 Å². The first kappa shape index (κ1) is 14.0. The second-order valence-electron chi connectivity index (χ2n) is 3.25. The van der Waals surface area contributed by atoms with Gasteiger partial charge in [0, 0.05) is 12.6 Å². The molecule has 0 rings (SSSR count). The van der Waals surface area contributed by atoms with E-state index in [0.29, 0.717) is 5.57 Å². The molecule has 3 nitrogen and oxygen atoms in total. The second kappa shape index (κ2) is 5.75. The van der Waals surface area contributed by atoms with Gasteiger partial charge in [0.2, 0.25) is 0 Å². The number of aliphatic carboxylic acids is 1. The van der Waals surface area contributed by atoms with Crippen LogP contribution in [0.2, 0.25) is 0 Å². The molecule has 1 N–H and O–H groups in total. The van der Waals surface area contributed by atoms with Crippen molar-refractivity contribution < 1.29 is 23.1 Å². The molecule has 0 saturated carbocycles. The molecule has 0 radical (unpaired) electrons. The molecule has 0 saturated heterocycles. The highest BCUT2D eigenvalue weighted by Crippen LogP contribution is 2.16. The zero-order valence-corrected chi connectivity index (χ0v) is 8.64. The number of hydrogen-bond acceptors (Lipinski definition) is 2. The Labute approximate surface area is 86.2 Å².